The van der Waals surface area contributed by atoms with Gasteiger partial charge in [-0.15, -0.1) is 16.4 Å². The van der Waals surface area contributed by atoms with Crippen molar-refractivity contribution in [2.45, 2.75) is 6.54 Å². The summed E-state index contributed by atoms with van der Waals surface area (Å²) in [5.74, 6) is 0.298. The van der Waals surface area contributed by atoms with Crippen molar-refractivity contribution >= 4 is 22.2 Å². The molecule has 4 N–H and O–H groups in total. The lowest BCUT2D eigenvalue weighted by molar-refractivity contribution is 0.869. The Bertz CT molecular complexity index is 375. The normalized spacial score (nSPS) is 11.0. The van der Waals surface area contributed by atoms with Crippen molar-refractivity contribution in [3.63, 3.8) is 0 Å². The number of nitrogens with zero attached hydrogens (tertiary/aromatic N) is 3. The first-order valence-corrected chi connectivity index (χ1v) is 3.98. The fraction of sp³-hybridized carbons (Fsp3) is 0.200. The number of fused-ring (bicyclic) bond motifs is 1. The van der Waals surface area contributed by atoms with Crippen LogP contribution in [0.25, 0.3) is 4.96 Å². The van der Waals surface area contributed by atoms with Crippen molar-refractivity contribution < 1.29 is 0 Å². The molecule has 2 aromatic rings. The van der Waals surface area contributed by atoms with Gasteiger partial charge in [-0.05, 0) is 0 Å². The van der Waals surface area contributed by atoms with Crippen molar-refractivity contribution in [2.75, 3.05) is 5.73 Å². The van der Waals surface area contributed by atoms with Gasteiger partial charge in [0, 0.05) is 11.9 Å². The van der Waals surface area contributed by atoms with Crippen LogP contribution in [-0.2, 0) is 6.54 Å². The zero-order chi connectivity index (χ0) is 7.84. The summed E-state index contributed by atoms with van der Waals surface area (Å²) < 4.78 is 1.67. The van der Waals surface area contributed by atoms with E-state index >= 15 is 0 Å². The van der Waals surface area contributed by atoms with E-state index in [0.29, 0.717) is 12.5 Å². The molecule has 0 aromatic carbocycles. The molecule has 58 valence electrons. The van der Waals surface area contributed by atoms with Gasteiger partial charge in [0.25, 0.3) is 0 Å². The summed E-state index contributed by atoms with van der Waals surface area (Å²) >= 11 is 1.49. The van der Waals surface area contributed by atoms with Gasteiger partial charge < -0.3 is 11.5 Å². The van der Waals surface area contributed by atoms with Gasteiger partial charge in [-0.2, -0.15) is 4.98 Å². The van der Waals surface area contributed by atoms with Crippen molar-refractivity contribution in [3.8, 4) is 0 Å². The van der Waals surface area contributed by atoms with Gasteiger partial charge in [-0.3, -0.25) is 0 Å². The standard InChI is InChI=1S/C5H7N5S/c6-1-3-2-11-5-8-4(7)9-10(3)5/h2H,1,6H2,(H2,7,9). The second kappa shape index (κ2) is 2.18. The van der Waals surface area contributed by atoms with E-state index in [1.54, 1.807) is 4.52 Å². The lowest BCUT2D eigenvalue weighted by Crippen LogP contribution is -2.01. The van der Waals surface area contributed by atoms with Crippen LogP contribution in [0.1, 0.15) is 5.69 Å². The average molecular weight is 169 g/mol. The Kier molecular flexibility index (Phi) is 1.30. The van der Waals surface area contributed by atoms with Gasteiger partial charge in [0.15, 0.2) is 0 Å². The molecule has 0 aliphatic carbocycles. The number of hydrogen-bond donors (Lipinski definition) is 2. The Morgan fingerprint density at radius 3 is 3.18 bits per heavy atom. The maximum absolute atomic E-state index is 5.45. The summed E-state index contributed by atoms with van der Waals surface area (Å²) in [6.07, 6.45) is 0. The highest BCUT2D eigenvalue weighted by atomic mass is 32.1. The smallest absolute Gasteiger partial charge is 0.241 e. The van der Waals surface area contributed by atoms with Crippen LogP contribution in [0.3, 0.4) is 0 Å². The molecule has 5 nitrogen and oxygen atoms in total. The highest BCUT2D eigenvalue weighted by molar-refractivity contribution is 7.15. The van der Waals surface area contributed by atoms with E-state index < -0.39 is 0 Å². The topological polar surface area (TPSA) is 82.2 Å². The third-order valence-corrected chi connectivity index (χ3v) is 2.24. The largest absolute Gasteiger partial charge is 0.366 e. The van der Waals surface area contributed by atoms with Crippen LogP contribution in [-0.4, -0.2) is 14.6 Å². The van der Waals surface area contributed by atoms with Crippen LogP contribution in [0.2, 0.25) is 0 Å². The maximum atomic E-state index is 5.45. The summed E-state index contributed by atoms with van der Waals surface area (Å²) in [6, 6.07) is 0. The molecule has 11 heavy (non-hydrogen) atoms. The summed E-state index contributed by atoms with van der Waals surface area (Å²) in [5.41, 5.74) is 11.8. The van der Waals surface area contributed by atoms with E-state index in [9.17, 15) is 0 Å². The van der Waals surface area contributed by atoms with Gasteiger partial charge >= 0.3 is 0 Å². The SMILES string of the molecule is NCc1csc2nc(N)nn12. The molecule has 2 rings (SSSR count). The lowest BCUT2D eigenvalue weighted by atomic mass is 10.5. The first-order chi connectivity index (χ1) is 5.31. The quantitative estimate of drug-likeness (QED) is 0.621. The van der Waals surface area contributed by atoms with Crippen LogP contribution in [0, 0.1) is 0 Å². The average Bonchev–Trinajstić information content (AvgIpc) is 2.45. The van der Waals surface area contributed by atoms with Gasteiger partial charge in [0.05, 0.1) is 5.69 Å². The molecule has 0 aliphatic heterocycles. The number of anilines is 1. The molecular formula is C5H7N5S. The van der Waals surface area contributed by atoms with Crippen molar-refractivity contribution in [2.24, 2.45) is 5.73 Å². The van der Waals surface area contributed by atoms with Crippen LogP contribution in [0.15, 0.2) is 5.38 Å². The number of hydrogen-bond acceptors (Lipinski definition) is 5. The molecule has 0 saturated carbocycles. The minimum absolute atomic E-state index is 0.298. The second-order valence-corrected chi connectivity index (χ2v) is 2.93. The Morgan fingerprint density at radius 1 is 1.64 bits per heavy atom. The van der Waals surface area contributed by atoms with Crippen molar-refractivity contribution in [1.82, 2.24) is 14.6 Å². The minimum Gasteiger partial charge on any atom is -0.366 e. The molecule has 0 atom stereocenters. The number of nitrogens with two attached hydrogens (primary N) is 2. The Hall–Kier alpha value is -1.14. The van der Waals surface area contributed by atoms with Gasteiger partial charge in [-0.1, -0.05) is 0 Å². The van der Waals surface area contributed by atoms with Gasteiger partial charge in [0.2, 0.25) is 10.9 Å². The van der Waals surface area contributed by atoms with Gasteiger partial charge in [0.1, 0.15) is 0 Å². The zero-order valence-electron chi connectivity index (χ0n) is 5.69. The summed E-state index contributed by atoms with van der Waals surface area (Å²) in [7, 11) is 0. The van der Waals surface area contributed by atoms with E-state index in [1.807, 2.05) is 5.38 Å². The Balaban J connectivity index is 2.73. The number of thiazole rings is 1. The number of aromatic nitrogens is 3. The predicted molar refractivity (Wildman–Crippen MR) is 43.2 cm³/mol. The van der Waals surface area contributed by atoms with Crippen LogP contribution < -0.4 is 11.5 Å². The maximum Gasteiger partial charge on any atom is 0.241 e. The first kappa shape index (κ1) is 6.56. The van der Waals surface area contributed by atoms with Crippen LogP contribution in [0.4, 0.5) is 5.95 Å². The predicted octanol–water partition coefficient (Wildman–Crippen LogP) is -0.168. The fourth-order valence-electron chi connectivity index (χ4n) is 0.882. The molecular weight excluding hydrogens is 162 g/mol. The van der Waals surface area contributed by atoms with Crippen LogP contribution in [0.5, 0.6) is 0 Å². The van der Waals surface area contributed by atoms with Crippen molar-refractivity contribution in [1.29, 1.82) is 0 Å². The van der Waals surface area contributed by atoms with E-state index in [-0.39, 0.29) is 0 Å². The van der Waals surface area contributed by atoms with Gasteiger partial charge in [-0.25, -0.2) is 4.52 Å². The van der Waals surface area contributed by atoms with E-state index in [4.69, 9.17) is 11.5 Å². The zero-order valence-corrected chi connectivity index (χ0v) is 6.51. The van der Waals surface area contributed by atoms with E-state index in [2.05, 4.69) is 10.1 Å². The molecule has 0 aliphatic rings. The monoisotopic (exact) mass is 169 g/mol. The highest BCUT2D eigenvalue weighted by Gasteiger charge is 2.05. The molecule has 0 bridgehead atoms. The molecule has 2 heterocycles. The molecule has 0 spiro atoms. The molecule has 2 aromatic heterocycles. The molecule has 0 saturated heterocycles. The van der Waals surface area contributed by atoms with Crippen LogP contribution >= 0.6 is 11.3 Å². The highest BCUT2D eigenvalue weighted by Crippen LogP contribution is 2.13. The van der Waals surface area contributed by atoms with E-state index in [0.717, 1.165) is 10.7 Å². The first-order valence-electron chi connectivity index (χ1n) is 3.10. The summed E-state index contributed by atoms with van der Waals surface area (Å²) in [5, 5.41) is 5.88. The van der Waals surface area contributed by atoms with Crippen molar-refractivity contribution in [3.05, 3.63) is 11.1 Å². The third-order valence-electron chi connectivity index (χ3n) is 1.38. The minimum atomic E-state index is 0.298. The molecule has 0 radical (unpaired) electrons. The molecule has 0 amide bonds. The second-order valence-electron chi connectivity index (χ2n) is 2.10. The summed E-state index contributed by atoms with van der Waals surface area (Å²) in [4.78, 5) is 4.77. The number of rotatable bonds is 1. The summed E-state index contributed by atoms with van der Waals surface area (Å²) in [6.45, 7) is 0.461. The molecule has 0 fully saturated rings. The lowest BCUT2D eigenvalue weighted by Gasteiger charge is -1.87. The molecule has 6 heteroatoms. The Morgan fingerprint density at radius 2 is 2.45 bits per heavy atom. The number of nitrogen functional groups attached to an aromatic ring is 1. The third kappa shape index (κ3) is 0.873. The molecule has 0 unspecified atom stereocenters. The van der Waals surface area contributed by atoms with E-state index in [1.165, 1.54) is 11.3 Å². The fourth-order valence-corrected chi connectivity index (χ4v) is 1.72. The Labute approximate surface area is 66.6 Å².